The SMILES string of the molecule is COC(=O)/C(=C/C1=CC[C@H]2[C@@H]3CCc4cc(OC)ccc4[C@H]3CC[C@]12C)NC(C)=O. The zero-order valence-corrected chi connectivity index (χ0v) is 18.3. The van der Waals surface area contributed by atoms with Crippen molar-refractivity contribution in [1.82, 2.24) is 5.32 Å². The number of allylic oxidation sites excluding steroid dienone is 3. The molecule has 1 saturated carbocycles. The van der Waals surface area contributed by atoms with E-state index in [4.69, 9.17) is 9.47 Å². The van der Waals surface area contributed by atoms with E-state index in [9.17, 15) is 9.59 Å². The van der Waals surface area contributed by atoms with Crippen LogP contribution in [0, 0.1) is 17.3 Å². The second kappa shape index (κ2) is 7.93. The Morgan fingerprint density at radius 3 is 2.73 bits per heavy atom. The van der Waals surface area contributed by atoms with Crippen molar-refractivity contribution in [3.8, 4) is 5.75 Å². The number of nitrogens with one attached hydrogen (secondary N) is 1. The van der Waals surface area contributed by atoms with Crippen LogP contribution in [0.4, 0.5) is 0 Å². The molecule has 4 rings (SSSR count). The van der Waals surface area contributed by atoms with E-state index >= 15 is 0 Å². The molecule has 1 amide bonds. The molecule has 0 saturated heterocycles. The molecular weight excluding hydrogens is 378 g/mol. The van der Waals surface area contributed by atoms with Crippen LogP contribution in [0.5, 0.6) is 5.75 Å². The second-order valence-corrected chi connectivity index (χ2v) is 9.06. The van der Waals surface area contributed by atoms with E-state index in [2.05, 4.69) is 36.5 Å². The molecule has 0 aromatic heterocycles. The van der Waals surface area contributed by atoms with Gasteiger partial charge in [0.1, 0.15) is 11.4 Å². The van der Waals surface area contributed by atoms with E-state index in [0.717, 1.165) is 37.0 Å². The van der Waals surface area contributed by atoms with Gasteiger partial charge in [-0.2, -0.15) is 0 Å². The fraction of sp³-hybridized carbons (Fsp3) is 0.520. The maximum absolute atomic E-state index is 12.2. The molecular formula is C25H31NO4. The Morgan fingerprint density at radius 2 is 2.03 bits per heavy atom. The Morgan fingerprint density at radius 1 is 1.23 bits per heavy atom. The van der Waals surface area contributed by atoms with E-state index in [0.29, 0.717) is 17.8 Å². The van der Waals surface area contributed by atoms with Crippen molar-refractivity contribution in [3.05, 3.63) is 52.7 Å². The summed E-state index contributed by atoms with van der Waals surface area (Å²) in [6.45, 7) is 3.74. The molecule has 0 radical (unpaired) electrons. The zero-order chi connectivity index (χ0) is 21.5. The van der Waals surface area contributed by atoms with E-state index in [1.807, 2.05) is 6.08 Å². The smallest absolute Gasteiger partial charge is 0.354 e. The topological polar surface area (TPSA) is 64.6 Å². The van der Waals surface area contributed by atoms with Gasteiger partial charge in [0.25, 0.3) is 0 Å². The molecule has 3 aliphatic rings. The standard InChI is InChI=1S/C25H31NO4/c1-15(27)26-23(24(28)30-4)14-17-6-10-22-21-8-5-16-13-18(29-3)7-9-19(16)20(21)11-12-25(17,22)2/h6-7,9,13-14,20-22H,5,8,10-12H2,1-4H3,(H,26,27)/b23-14-/t20-,21-,22+,25-/m1/s1. The molecule has 30 heavy (non-hydrogen) atoms. The van der Waals surface area contributed by atoms with Crippen molar-refractivity contribution >= 4 is 11.9 Å². The number of hydrogen-bond donors (Lipinski definition) is 1. The summed E-state index contributed by atoms with van der Waals surface area (Å²) in [5.74, 6) is 1.94. The van der Waals surface area contributed by atoms with Gasteiger partial charge in [-0.25, -0.2) is 4.79 Å². The minimum absolute atomic E-state index is 0.0167. The van der Waals surface area contributed by atoms with E-state index < -0.39 is 5.97 Å². The molecule has 0 spiro atoms. The third kappa shape index (κ3) is 3.44. The summed E-state index contributed by atoms with van der Waals surface area (Å²) < 4.78 is 10.3. The predicted octanol–water partition coefficient (Wildman–Crippen LogP) is 4.28. The first-order valence-corrected chi connectivity index (χ1v) is 10.8. The van der Waals surface area contributed by atoms with Gasteiger partial charge in [0, 0.05) is 6.92 Å². The maximum Gasteiger partial charge on any atom is 0.354 e. The summed E-state index contributed by atoms with van der Waals surface area (Å²) in [7, 11) is 3.06. The van der Waals surface area contributed by atoms with Crippen molar-refractivity contribution in [2.45, 2.75) is 51.9 Å². The lowest BCUT2D eigenvalue weighted by molar-refractivity contribution is -0.137. The predicted molar refractivity (Wildman–Crippen MR) is 115 cm³/mol. The first kappa shape index (κ1) is 20.7. The van der Waals surface area contributed by atoms with Crippen LogP contribution in [-0.4, -0.2) is 26.1 Å². The normalized spacial score (nSPS) is 29.8. The average Bonchev–Trinajstić information content (AvgIpc) is 3.07. The molecule has 0 unspecified atom stereocenters. The second-order valence-electron chi connectivity index (χ2n) is 9.06. The molecule has 0 aliphatic heterocycles. The molecule has 1 N–H and O–H groups in total. The fourth-order valence-electron chi connectivity index (χ4n) is 6.11. The van der Waals surface area contributed by atoms with Crippen LogP contribution < -0.4 is 10.1 Å². The zero-order valence-electron chi connectivity index (χ0n) is 18.3. The summed E-state index contributed by atoms with van der Waals surface area (Å²) in [5.41, 5.74) is 4.32. The molecule has 0 heterocycles. The fourth-order valence-corrected chi connectivity index (χ4v) is 6.11. The highest BCUT2D eigenvalue weighted by molar-refractivity contribution is 5.93. The minimum atomic E-state index is -0.507. The highest BCUT2D eigenvalue weighted by Crippen LogP contribution is 2.61. The first-order chi connectivity index (χ1) is 14.4. The van der Waals surface area contributed by atoms with Gasteiger partial charge in [-0.3, -0.25) is 4.79 Å². The van der Waals surface area contributed by atoms with Gasteiger partial charge in [-0.05, 0) is 90.2 Å². The van der Waals surface area contributed by atoms with Crippen molar-refractivity contribution < 1.29 is 19.1 Å². The number of benzene rings is 1. The van der Waals surface area contributed by atoms with Gasteiger partial charge in [0.2, 0.25) is 5.91 Å². The van der Waals surface area contributed by atoms with Crippen LogP contribution in [0.15, 0.2) is 41.6 Å². The van der Waals surface area contributed by atoms with Crippen LogP contribution >= 0.6 is 0 Å². The van der Waals surface area contributed by atoms with Crippen molar-refractivity contribution in [2.75, 3.05) is 14.2 Å². The number of aryl methyl sites for hydroxylation is 1. The van der Waals surface area contributed by atoms with Gasteiger partial charge in [0.15, 0.2) is 0 Å². The lowest BCUT2D eigenvalue weighted by Gasteiger charge is -2.50. The highest BCUT2D eigenvalue weighted by Gasteiger charge is 2.51. The number of carbonyl (C=O) groups is 2. The molecule has 5 heteroatoms. The van der Waals surface area contributed by atoms with Crippen LogP contribution in [0.3, 0.4) is 0 Å². The van der Waals surface area contributed by atoms with Gasteiger partial charge in [0.05, 0.1) is 14.2 Å². The number of rotatable bonds is 4. The van der Waals surface area contributed by atoms with E-state index in [1.54, 1.807) is 7.11 Å². The lowest BCUT2D eigenvalue weighted by atomic mass is 9.54. The lowest BCUT2D eigenvalue weighted by Crippen LogP contribution is -2.41. The van der Waals surface area contributed by atoms with Crippen LogP contribution in [0.25, 0.3) is 0 Å². The average molecular weight is 410 g/mol. The number of amides is 1. The third-order valence-electron chi connectivity index (χ3n) is 7.59. The number of esters is 1. The summed E-state index contributed by atoms with van der Waals surface area (Å²) in [6.07, 6.45) is 9.60. The van der Waals surface area contributed by atoms with Crippen molar-refractivity contribution in [3.63, 3.8) is 0 Å². The molecule has 4 atom stereocenters. The first-order valence-electron chi connectivity index (χ1n) is 10.8. The Bertz CT molecular complexity index is 931. The van der Waals surface area contributed by atoms with Gasteiger partial charge in [-0.15, -0.1) is 0 Å². The number of carbonyl (C=O) groups excluding carboxylic acids is 2. The number of hydrogen-bond acceptors (Lipinski definition) is 4. The summed E-state index contributed by atoms with van der Waals surface area (Å²) in [4.78, 5) is 23.7. The van der Waals surface area contributed by atoms with Crippen molar-refractivity contribution in [2.24, 2.45) is 17.3 Å². The number of fused-ring (bicyclic) bond motifs is 5. The number of ether oxygens (including phenoxy) is 2. The number of methoxy groups -OCH3 is 2. The Hall–Kier alpha value is -2.56. The Labute approximate surface area is 178 Å². The highest BCUT2D eigenvalue weighted by atomic mass is 16.5. The third-order valence-corrected chi connectivity index (χ3v) is 7.59. The molecule has 160 valence electrons. The Kier molecular flexibility index (Phi) is 5.48. The van der Waals surface area contributed by atoms with E-state index in [1.165, 1.54) is 31.6 Å². The van der Waals surface area contributed by atoms with Gasteiger partial charge < -0.3 is 14.8 Å². The van der Waals surface area contributed by atoms with Crippen LogP contribution in [0.1, 0.15) is 56.6 Å². The maximum atomic E-state index is 12.2. The van der Waals surface area contributed by atoms with Crippen LogP contribution in [0.2, 0.25) is 0 Å². The molecule has 0 bridgehead atoms. The summed E-state index contributed by atoms with van der Waals surface area (Å²) in [5, 5.41) is 2.65. The molecule has 5 nitrogen and oxygen atoms in total. The Balaban J connectivity index is 1.61. The van der Waals surface area contributed by atoms with Gasteiger partial charge in [-0.1, -0.05) is 19.1 Å². The molecule has 1 aromatic carbocycles. The summed E-state index contributed by atoms with van der Waals surface area (Å²) in [6, 6.07) is 6.56. The van der Waals surface area contributed by atoms with Crippen molar-refractivity contribution in [1.29, 1.82) is 0 Å². The van der Waals surface area contributed by atoms with E-state index in [-0.39, 0.29) is 17.0 Å². The van der Waals surface area contributed by atoms with Crippen LogP contribution in [-0.2, 0) is 20.7 Å². The molecule has 1 aromatic rings. The molecule has 1 fully saturated rings. The monoisotopic (exact) mass is 409 g/mol. The van der Waals surface area contributed by atoms with Gasteiger partial charge >= 0.3 is 5.97 Å². The largest absolute Gasteiger partial charge is 0.497 e. The molecule has 3 aliphatic carbocycles. The summed E-state index contributed by atoms with van der Waals surface area (Å²) >= 11 is 0. The quantitative estimate of drug-likeness (QED) is 0.595. The minimum Gasteiger partial charge on any atom is -0.497 e.